The average molecular weight is 407 g/mol. The second-order valence-corrected chi connectivity index (χ2v) is 7.10. The lowest BCUT2D eigenvalue weighted by Crippen LogP contribution is -2.32. The molecular formula is C23H25N3O4. The number of carbonyl (C=O) groups is 2. The summed E-state index contributed by atoms with van der Waals surface area (Å²) in [5.41, 5.74) is 2.52. The van der Waals surface area contributed by atoms with Crippen LogP contribution in [0.2, 0.25) is 0 Å². The molecule has 0 saturated carbocycles. The van der Waals surface area contributed by atoms with Crippen molar-refractivity contribution in [1.29, 1.82) is 0 Å². The zero-order chi connectivity index (χ0) is 21.5. The van der Waals surface area contributed by atoms with E-state index in [1.54, 1.807) is 36.4 Å². The average Bonchev–Trinajstić information content (AvgIpc) is 3.22. The third-order valence-corrected chi connectivity index (χ3v) is 4.55. The Kier molecular flexibility index (Phi) is 6.85. The van der Waals surface area contributed by atoms with Gasteiger partial charge < -0.3 is 19.9 Å². The Bertz CT molecular complexity index is 1010. The predicted molar refractivity (Wildman–Crippen MR) is 114 cm³/mol. The molecule has 7 heteroatoms. The van der Waals surface area contributed by atoms with Gasteiger partial charge in [0.1, 0.15) is 12.4 Å². The summed E-state index contributed by atoms with van der Waals surface area (Å²) in [6.07, 6.45) is 0.834. The van der Waals surface area contributed by atoms with Crippen molar-refractivity contribution in [2.75, 3.05) is 5.32 Å². The van der Waals surface area contributed by atoms with Gasteiger partial charge in [0.25, 0.3) is 11.8 Å². The van der Waals surface area contributed by atoms with E-state index in [-0.39, 0.29) is 30.2 Å². The topological polar surface area (TPSA) is 93.5 Å². The molecule has 0 fully saturated rings. The van der Waals surface area contributed by atoms with Crippen molar-refractivity contribution < 1.29 is 18.8 Å². The van der Waals surface area contributed by atoms with Gasteiger partial charge in [-0.05, 0) is 56.7 Å². The number of rotatable bonds is 8. The largest absolute Gasteiger partial charge is 0.486 e. The fourth-order valence-corrected chi connectivity index (χ4v) is 2.67. The summed E-state index contributed by atoms with van der Waals surface area (Å²) in [5, 5.41) is 9.47. The van der Waals surface area contributed by atoms with Crippen LogP contribution in [0, 0.1) is 6.92 Å². The normalized spacial score (nSPS) is 11.6. The first-order chi connectivity index (χ1) is 14.4. The molecule has 0 saturated heterocycles. The fourth-order valence-electron chi connectivity index (χ4n) is 2.67. The van der Waals surface area contributed by atoms with Crippen molar-refractivity contribution in [3.05, 3.63) is 77.2 Å². The molecule has 3 rings (SSSR count). The first kappa shape index (κ1) is 21.1. The molecule has 3 aromatic rings. The molecule has 0 aliphatic carbocycles. The van der Waals surface area contributed by atoms with E-state index in [0.717, 1.165) is 12.0 Å². The lowest BCUT2D eigenvalue weighted by Gasteiger charge is -2.08. The van der Waals surface area contributed by atoms with Gasteiger partial charge in [-0.1, -0.05) is 29.8 Å². The van der Waals surface area contributed by atoms with Crippen molar-refractivity contribution in [2.24, 2.45) is 0 Å². The highest BCUT2D eigenvalue weighted by Gasteiger charge is 2.14. The van der Waals surface area contributed by atoms with Gasteiger partial charge in [-0.15, -0.1) is 0 Å². The highest BCUT2D eigenvalue weighted by atomic mass is 16.5. The molecule has 2 aromatic carbocycles. The minimum atomic E-state index is -0.270. The maximum Gasteiger partial charge on any atom is 0.273 e. The van der Waals surface area contributed by atoms with Crippen LogP contribution in [-0.4, -0.2) is 23.0 Å². The van der Waals surface area contributed by atoms with Crippen LogP contribution in [0.4, 0.5) is 5.69 Å². The minimum absolute atomic E-state index is 0.0684. The van der Waals surface area contributed by atoms with Gasteiger partial charge in [0.2, 0.25) is 0 Å². The second kappa shape index (κ2) is 9.73. The molecular weight excluding hydrogens is 382 g/mol. The van der Waals surface area contributed by atoms with Gasteiger partial charge in [0, 0.05) is 23.4 Å². The van der Waals surface area contributed by atoms with Crippen molar-refractivity contribution >= 4 is 17.5 Å². The van der Waals surface area contributed by atoms with Crippen molar-refractivity contribution in [3.63, 3.8) is 0 Å². The number of anilines is 1. The van der Waals surface area contributed by atoms with Crippen molar-refractivity contribution in [3.8, 4) is 5.75 Å². The molecule has 1 aromatic heterocycles. The van der Waals surface area contributed by atoms with Gasteiger partial charge in [0.15, 0.2) is 11.5 Å². The third kappa shape index (κ3) is 5.70. The number of aromatic nitrogens is 1. The molecule has 7 nitrogen and oxygen atoms in total. The molecule has 0 unspecified atom stereocenters. The summed E-state index contributed by atoms with van der Waals surface area (Å²) in [7, 11) is 0. The molecule has 0 aliphatic heterocycles. The molecule has 0 spiro atoms. The van der Waals surface area contributed by atoms with E-state index >= 15 is 0 Å². The number of amides is 2. The molecule has 30 heavy (non-hydrogen) atoms. The fraction of sp³-hybridized carbons (Fsp3) is 0.261. The number of aryl methyl sites for hydroxylation is 1. The van der Waals surface area contributed by atoms with Crippen molar-refractivity contribution in [2.45, 2.75) is 39.8 Å². The van der Waals surface area contributed by atoms with Crippen LogP contribution in [0.1, 0.15) is 52.4 Å². The summed E-state index contributed by atoms with van der Waals surface area (Å²) in [6.45, 7) is 6.00. The Morgan fingerprint density at radius 1 is 1.10 bits per heavy atom. The lowest BCUT2D eigenvalue weighted by atomic mass is 10.1. The zero-order valence-electron chi connectivity index (χ0n) is 17.3. The SMILES string of the molecule is CC[C@H](C)NC(=O)c1cc(COc2ccc(NC(=O)c3cccc(C)c3)cc2)on1. The first-order valence-electron chi connectivity index (χ1n) is 9.82. The van der Waals surface area contributed by atoms with Gasteiger partial charge in [-0.2, -0.15) is 0 Å². The number of hydrogen-bond donors (Lipinski definition) is 2. The molecule has 2 amide bonds. The summed E-state index contributed by atoms with van der Waals surface area (Å²) >= 11 is 0. The quantitative estimate of drug-likeness (QED) is 0.579. The van der Waals surface area contributed by atoms with Crippen LogP contribution < -0.4 is 15.4 Å². The van der Waals surface area contributed by atoms with E-state index in [1.807, 2.05) is 39.0 Å². The summed E-state index contributed by atoms with van der Waals surface area (Å²) in [5.74, 6) is 0.608. The van der Waals surface area contributed by atoms with E-state index < -0.39 is 0 Å². The highest BCUT2D eigenvalue weighted by Crippen LogP contribution is 2.18. The number of carbonyl (C=O) groups excluding carboxylic acids is 2. The summed E-state index contributed by atoms with van der Waals surface area (Å²) in [4.78, 5) is 24.4. The van der Waals surface area contributed by atoms with Crippen LogP contribution in [0.25, 0.3) is 0 Å². The minimum Gasteiger partial charge on any atom is -0.486 e. The zero-order valence-corrected chi connectivity index (χ0v) is 17.3. The smallest absolute Gasteiger partial charge is 0.273 e. The van der Waals surface area contributed by atoms with Gasteiger partial charge >= 0.3 is 0 Å². The second-order valence-electron chi connectivity index (χ2n) is 7.10. The standard InChI is InChI=1S/C23H25N3O4/c1-4-16(3)24-23(28)21-13-20(30-26-21)14-29-19-10-8-18(9-11-19)25-22(27)17-7-5-6-15(2)12-17/h5-13,16H,4,14H2,1-3H3,(H,24,28)(H,25,27)/t16-/m0/s1. The molecule has 1 heterocycles. The van der Waals surface area contributed by atoms with Gasteiger partial charge in [0.05, 0.1) is 0 Å². The third-order valence-electron chi connectivity index (χ3n) is 4.55. The molecule has 2 N–H and O–H groups in total. The Morgan fingerprint density at radius 2 is 1.87 bits per heavy atom. The Balaban J connectivity index is 1.52. The van der Waals surface area contributed by atoms with E-state index in [1.165, 1.54) is 0 Å². The molecule has 156 valence electrons. The van der Waals surface area contributed by atoms with E-state index in [0.29, 0.717) is 22.8 Å². The van der Waals surface area contributed by atoms with Gasteiger partial charge in [-0.25, -0.2) is 0 Å². The number of ether oxygens (including phenoxy) is 1. The number of nitrogens with one attached hydrogen (secondary N) is 2. The highest BCUT2D eigenvalue weighted by molar-refractivity contribution is 6.04. The summed E-state index contributed by atoms with van der Waals surface area (Å²) in [6, 6.07) is 16.0. The Morgan fingerprint density at radius 3 is 2.57 bits per heavy atom. The molecule has 1 atom stereocenters. The monoisotopic (exact) mass is 407 g/mol. The lowest BCUT2D eigenvalue weighted by molar-refractivity contribution is 0.0929. The maximum atomic E-state index is 12.3. The van der Waals surface area contributed by atoms with E-state index in [4.69, 9.17) is 9.26 Å². The van der Waals surface area contributed by atoms with Crippen molar-refractivity contribution in [1.82, 2.24) is 10.5 Å². The maximum absolute atomic E-state index is 12.3. The van der Waals surface area contributed by atoms with Crippen LogP contribution in [0.15, 0.2) is 59.1 Å². The van der Waals surface area contributed by atoms with Crippen LogP contribution in [0.5, 0.6) is 5.75 Å². The van der Waals surface area contributed by atoms with Crippen LogP contribution >= 0.6 is 0 Å². The van der Waals surface area contributed by atoms with Crippen LogP contribution in [0.3, 0.4) is 0 Å². The molecule has 0 aliphatic rings. The number of hydrogen-bond acceptors (Lipinski definition) is 5. The van der Waals surface area contributed by atoms with Gasteiger partial charge in [-0.3, -0.25) is 9.59 Å². The Hall–Kier alpha value is -3.61. The Labute approximate surface area is 175 Å². The summed E-state index contributed by atoms with van der Waals surface area (Å²) < 4.78 is 10.8. The predicted octanol–water partition coefficient (Wildman–Crippen LogP) is 4.34. The number of benzene rings is 2. The first-order valence-corrected chi connectivity index (χ1v) is 9.82. The number of nitrogens with zero attached hydrogens (tertiary/aromatic N) is 1. The molecule has 0 bridgehead atoms. The van der Waals surface area contributed by atoms with E-state index in [9.17, 15) is 9.59 Å². The molecule has 0 radical (unpaired) electrons. The van der Waals surface area contributed by atoms with E-state index in [2.05, 4.69) is 15.8 Å². The van der Waals surface area contributed by atoms with Crippen LogP contribution in [-0.2, 0) is 6.61 Å².